The summed E-state index contributed by atoms with van der Waals surface area (Å²) in [6.07, 6.45) is 1.77. The van der Waals surface area contributed by atoms with Crippen molar-refractivity contribution in [3.8, 4) is 0 Å². The minimum absolute atomic E-state index is 0.378. The highest BCUT2D eigenvalue weighted by molar-refractivity contribution is 6.16. The standard InChI is InChI=1S/C10H19ClN4/c1-8(2)9(6-14(3)4)15-7-12-13-10(15)5-11/h7-9H,5-6H2,1-4H3. The molecular weight excluding hydrogens is 212 g/mol. The molecule has 1 aromatic heterocycles. The van der Waals surface area contributed by atoms with E-state index in [-0.39, 0.29) is 0 Å². The Labute approximate surface area is 96.2 Å². The molecule has 1 atom stereocenters. The summed E-state index contributed by atoms with van der Waals surface area (Å²) in [5.41, 5.74) is 0. The van der Waals surface area contributed by atoms with E-state index in [1.165, 1.54) is 0 Å². The van der Waals surface area contributed by atoms with Gasteiger partial charge >= 0.3 is 0 Å². The molecule has 0 amide bonds. The number of alkyl halides is 1. The van der Waals surface area contributed by atoms with Crippen LogP contribution < -0.4 is 0 Å². The van der Waals surface area contributed by atoms with Crippen molar-refractivity contribution in [1.29, 1.82) is 0 Å². The van der Waals surface area contributed by atoms with E-state index in [2.05, 4.69) is 47.6 Å². The van der Waals surface area contributed by atoms with Crippen LogP contribution in [0.5, 0.6) is 0 Å². The maximum atomic E-state index is 5.82. The maximum Gasteiger partial charge on any atom is 0.148 e. The molecule has 1 unspecified atom stereocenters. The Morgan fingerprint density at radius 1 is 1.47 bits per heavy atom. The van der Waals surface area contributed by atoms with Crippen molar-refractivity contribution >= 4 is 11.6 Å². The summed E-state index contributed by atoms with van der Waals surface area (Å²) in [4.78, 5) is 2.17. The molecule has 0 aromatic carbocycles. The molecule has 0 spiro atoms. The van der Waals surface area contributed by atoms with E-state index < -0.39 is 0 Å². The van der Waals surface area contributed by atoms with Crippen LogP contribution in [-0.2, 0) is 5.88 Å². The Morgan fingerprint density at radius 3 is 2.60 bits per heavy atom. The normalized spacial score (nSPS) is 13.8. The molecule has 0 bridgehead atoms. The summed E-state index contributed by atoms with van der Waals surface area (Å²) in [7, 11) is 4.14. The van der Waals surface area contributed by atoms with Gasteiger partial charge in [-0.25, -0.2) is 0 Å². The van der Waals surface area contributed by atoms with Crippen molar-refractivity contribution in [2.75, 3.05) is 20.6 Å². The lowest BCUT2D eigenvalue weighted by Crippen LogP contribution is -2.28. The van der Waals surface area contributed by atoms with E-state index in [0.29, 0.717) is 17.8 Å². The summed E-state index contributed by atoms with van der Waals surface area (Å²) in [6, 6.07) is 0.378. The van der Waals surface area contributed by atoms with Crippen LogP contribution in [0.3, 0.4) is 0 Å². The molecule has 0 fully saturated rings. The van der Waals surface area contributed by atoms with Crippen molar-refractivity contribution in [2.24, 2.45) is 5.92 Å². The van der Waals surface area contributed by atoms with E-state index in [4.69, 9.17) is 11.6 Å². The van der Waals surface area contributed by atoms with Gasteiger partial charge < -0.3 is 9.47 Å². The molecule has 15 heavy (non-hydrogen) atoms. The zero-order valence-electron chi connectivity index (χ0n) is 9.81. The van der Waals surface area contributed by atoms with Crippen LogP contribution in [-0.4, -0.2) is 40.3 Å². The molecule has 86 valence electrons. The smallest absolute Gasteiger partial charge is 0.148 e. The number of aromatic nitrogens is 3. The van der Waals surface area contributed by atoms with Gasteiger partial charge in [-0.15, -0.1) is 21.8 Å². The lowest BCUT2D eigenvalue weighted by molar-refractivity contribution is 0.265. The van der Waals surface area contributed by atoms with Crippen molar-refractivity contribution in [3.63, 3.8) is 0 Å². The predicted molar refractivity (Wildman–Crippen MR) is 62.0 cm³/mol. The van der Waals surface area contributed by atoms with Gasteiger partial charge in [0.05, 0.1) is 11.9 Å². The monoisotopic (exact) mass is 230 g/mol. The molecule has 0 aliphatic carbocycles. The highest BCUT2D eigenvalue weighted by Crippen LogP contribution is 2.20. The molecule has 4 nitrogen and oxygen atoms in total. The van der Waals surface area contributed by atoms with E-state index in [1.54, 1.807) is 6.33 Å². The number of hydrogen-bond acceptors (Lipinski definition) is 3. The Morgan fingerprint density at radius 2 is 2.13 bits per heavy atom. The molecule has 0 N–H and O–H groups in total. The van der Waals surface area contributed by atoms with Gasteiger partial charge in [0, 0.05) is 6.54 Å². The van der Waals surface area contributed by atoms with Crippen LogP contribution in [0.1, 0.15) is 25.7 Å². The average Bonchev–Trinajstić information content (AvgIpc) is 2.60. The lowest BCUT2D eigenvalue weighted by Gasteiger charge is -2.26. The Balaban J connectivity index is 2.88. The van der Waals surface area contributed by atoms with Gasteiger partial charge in [0.25, 0.3) is 0 Å². The van der Waals surface area contributed by atoms with Crippen molar-refractivity contribution in [2.45, 2.75) is 25.8 Å². The lowest BCUT2D eigenvalue weighted by atomic mass is 10.0. The Bertz CT molecular complexity index is 295. The number of halogens is 1. The minimum atomic E-state index is 0.378. The summed E-state index contributed by atoms with van der Waals surface area (Å²) in [5.74, 6) is 1.79. The largest absolute Gasteiger partial charge is 0.312 e. The van der Waals surface area contributed by atoms with E-state index in [1.807, 2.05) is 0 Å². The highest BCUT2D eigenvalue weighted by atomic mass is 35.5. The summed E-state index contributed by atoms with van der Waals surface area (Å²) in [5, 5.41) is 7.92. The van der Waals surface area contributed by atoms with Crippen LogP contribution in [0.25, 0.3) is 0 Å². The fourth-order valence-electron chi connectivity index (χ4n) is 1.63. The summed E-state index contributed by atoms with van der Waals surface area (Å²) < 4.78 is 2.08. The van der Waals surface area contributed by atoms with Crippen LogP contribution in [0.2, 0.25) is 0 Å². The average molecular weight is 231 g/mol. The van der Waals surface area contributed by atoms with Crippen LogP contribution in [0.15, 0.2) is 6.33 Å². The SMILES string of the molecule is CC(C)C(CN(C)C)n1cnnc1CCl. The van der Waals surface area contributed by atoms with Gasteiger partial charge in [-0.05, 0) is 20.0 Å². The molecule has 1 aromatic rings. The fraction of sp³-hybridized carbons (Fsp3) is 0.800. The molecular formula is C10H19ClN4. The molecule has 1 rings (SSSR count). The topological polar surface area (TPSA) is 34.0 Å². The zero-order chi connectivity index (χ0) is 11.4. The first kappa shape index (κ1) is 12.5. The molecule has 0 saturated heterocycles. The number of rotatable bonds is 5. The second-order valence-corrected chi connectivity index (χ2v) is 4.63. The first-order chi connectivity index (χ1) is 7.06. The van der Waals surface area contributed by atoms with Crippen LogP contribution in [0.4, 0.5) is 0 Å². The molecule has 1 heterocycles. The van der Waals surface area contributed by atoms with Gasteiger partial charge in [-0.2, -0.15) is 0 Å². The third-order valence-corrected chi connectivity index (χ3v) is 2.68. The Hall–Kier alpha value is -0.610. The highest BCUT2D eigenvalue weighted by Gasteiger charge is 2.19. The molecule has 5 heteroatoms. The number of nitrogens with zero attached hydrogens (tertiary/aromatic N) is 4. The third kappa shape index (κ3) is 3.18. The van der Waals surface area contributed by atoms with Gasteiger partial charge in [-0.1, -0.05) is 13.8 Å². The van der Waals surface area contributed by atoms with Crippen molar-refractivity contribution < 1.29 is 0 Å². The molecule has 0 aliphatic heterocycles. The summed E-state index contributed by atoms with van der Waals surface area (Å²) in [6.45, 7) is 5.37. The second-order valence-electron chi connectivity index (χ2n) is 4.36. The predicted octanol–water partition coefficient (Wildman–Crippen LogP) is 1.78. The van der Waals surface area contributed by atoms with Gasteiger partial charge in [0.2, 0.25) is 0 Å². The van der Waals surface area contributed by atoms with Gasteiger partial charge in [0.15, 0.2) is 0 Å². The number of hydrogen-bond donors (Lipinski definition) is 0. The molecule has 0 radical (unpaired) electrons. The van der Waals surface area contributed by atoms with E-state index >= 15 is 0 Å². The maximum absolute atomic E-state index is 5.82. The van der Waals surface area contributed by atoms with Crippen LogP contribution in [0, 0.1) is 5.92 Å². The first-order valence-corrected chi connectivity index (χ1v) is 5.68. The number of likely N-dealkylation sites (N-methyl/N-ethyl adjacent to an activating group) is 1. The molecule has 0 saturated carbocycles. The quantitative estimate of drug-likeness (QED) is 0.724. The third-order valence-electron chi connectivity index (χ3n) is 2.45. The van der Waals surface area contributed by atoms with Crippen LogP contribution >= 0.6 is 11.6 Å². The zero-order valence-corrected chi connectivity index (χ0v) is 10.6. The minimum Gasteiger partial charge on any atom is -0.312 e. The fourth-order valence-corrected chi connectivity index (χ4v) is 1.82. The second kappa shape index (κ2) is 5.47. The van der Waals surface area contributed by atoms with Crippen molar-refractivity contribution in [3.05, 3.63) is 12.2 Å². The van der Waals surface area contributed by atoms with Gasteiger partial charge in [0.1, 0.15) is 12.2 Å². The first-order valence-electron chi connectivity index (χ1n) is 5.15. The van der Waals surface area contributed by atoms with Gasteiger partial charge in [-0.3, -0.25) is 0 Å². The molecule has 0 aliphatic rings. The summed E-state index contributed by atoms with van der Waals surface area (Å²) >= 11 is 5.82. The van der Waals surface area contributed by atoms with E-state index in [0.717, 1.165) is 12.4 Å². The van der Waals surface area contributed by atoms with Crippen molar-refractivity contribution in [1.82, 2.24) is 19.7 Å². The Kier molecular flexibility index (Phi) is 4.54. The van der Waals surface area contributed by atoms with E-state index in [9.17, 15) is 0 Å².